The zero-order valence-corrected chi connectivity index (χ0v) is 12.4. The quantitative estimate of drug-likeness (QED) is 0.814. The third-order valence-corrected chi connectivity index (χ3v) is 3.73. The van der Waals surface area contributed by atoms with Crippen molar-refractivity contribution in [1.29, 1.82) is 0 Å². The van der Waals surface area contributed by atoms with E-state index in [0.717, 1.165) is 38.2 Å². The van der Waals surface area contributed by atoms with Crippen LogP contribution in [0.15, 0.2) is 24.3 Å². The van der Waals surface area contributed by atoms with Gasteiger partial charge in [-0.3, -0.25) is 4.90 Å². The van der Waals surface area contributed by atoms with Gasteiger partial charge in [-0.15, -0.1) is 0 Å². The summed E-state index contributed by atoms with van der Waals surface area (Å²) in [5.41, 5.74) is 0.798. The fraction of sp³-hybridized carbons (Fsp3) is 0.600. The summed E-state index contributed by atoms with van der Waals surface area (Å²) in [5, 5.41) is 3.25. The van der Waals surface area contributed by atoms with Crippen LogP contribution in [0.4, 0.5) is 17.6 Å². The summed E-state index contributed by atoms with van der Waals surface area (Å²) < 4.78 is 54.6. The number of hydrogen-bond acceptors (Lipinski definition) is 3. The third kappa shape index (κ3) is 4.10. The van der Waals surface area contributed by atoms with E-state index in [9.17, 15) is 17.6 Å². The van der Waals surface area contributed by atoms with Crippen LogP contribution in [0.1, 0.15) is 24.9 Å². The van der Waals surface area contributed by atoms with E-state index in [1.165, 1.54) is 12.1 Å². The number of alkyl halides is 4. The average molecular weight is 320 g/mol. The van der Waals surface area contributed by atoms with Gasteiger partial charge in [0.1, 0.15) is 5.75 Å². The monoisotopic (exact) mass is 320 g/mol. The van der Waals surface area contributed by atoms with Gasteiger partial charge >= 0.3 is 12.5 Å². The number of benzene rings is 1. The molecule has 2 rings (SSSR count). The van der Waals surface area contributed by atoms with Crippen molar-refractivity contribution < 1.29 is 22.3 Å². The summed E-state index contributed by atoms with van der Waals surface area (Å²) in [6.45, 7) is 5.47. The molecule has 0 bridgehead atoms. The Hall–Kier alpha value is -1.34. The molecule has 0 aliphatic carbocycles. The SMILES string of the molecule is CC[C@H](c1cccc(OC(F)(F)C(F)F)c1)N1CCNCC1. The predicted octanol–water partition coefficient (Wildman–Crippen LogP) is 3.28. The first-order chi connectivity index (χ1) is 10.4. The van der Waals surface area contributed by atoms with Crippen molar-refractivity contribution in [3.63, 3.8) is 0 Å². The predicted molar refractivity (Wildman–Crippen MR) is 75.5 cm³/mol. The van der Waals surface area contributed by atoms with Gasteiger partial charge in [0.25, 0.3) is 0 Å². The highest BCUT2D eigenvalue weighted by Crippen LogP contribution is 2.31. The van der Waals surface area contributed by atoms with Crippen molar-refractivity contribution in [3.8, 4) is 5.75 Å². The van der Waals surface area contributed by atoms with Gasteiger partial charge in [-0.25, -0.2) is 0 Å². The fourth-order valence-electron chi connectivity index (χ4n) is 2.69. The van der Waals surface area contributed by atoms with Gasteiger partial charge in [-0.05, 0) is 24.1 Å². The highest BCUT2D eigenvalue weighted by Gasteiger charge is 2.44. The van der Waals surface area contributed by atoms with Crippen molar-refractivity contribution in [3.05, 3.63) is 29.8 Å². The Balaban J connectivity index is 2.15. The maximum Gasteiger partial charge on any atom is 0.461 e. The molecule has 1 aromatic rings. The lowest BCUT2D eigenvalue weighted by atomic mass is 10.0. The van der Waals surface area contributed by atoms with E-state index in [1.807, 2.05) is 13.0 Å². The molecule has 0 spiro atoms. The van der Waals surface area contributed by atoms with Crippen LogP contribution < -0.4 is 10.1 Å². The summed E-state index contributed by atoms with van der Waals surface area (Å²) in [6, 6.07) is 6.11. The standard InChI is InChI=1S/C15H20F4N2O/c1-2-13(21-8-6-20-7-9-21)11-4-3-5-12(10-11)22-15(18,19)14(16)17/h3-5,10,13-14,20H,2,6-9H2,1H3/t13-/m1/s1. The van der Waals surface area contributed by atoms with Crippen molar-refractivity contribution in [2.24, 2.45) is 0 Å². The maximum absolute atomic E-state index is 13.0. The minimum Gasteiger partial charge on any atom is -0.428 e. The number of nitrogens with one attached hydrogen (secondary N) is 1. The molecule has 1 aromatic carbocycles. The molecule has 3 nitrogen and oxygen atoms in total. The van der Waals surface area contributed by atoms with Crippen LogP contribution in [0.5, 0.6) is 5.75 Å². The van der Waals surface area contributed by atoms with Gasteiger partial charge in [-0.2, -0.15) is 17.6 Å². The van der Waals surface area contributed by atoms with E-state index in [-0.39, 0.29) is 11.8 Å². The van der Waals surface area contributed by atoms with Crippen molar-refractivity contribution in [2.45, 2.75) is 31.9 Å². The van der Waals surface area contributed by atoms with Crippen molar-refractivity contribution in [1.82, 2.24) is 10.2 Å². The van der Waals surface area contributed by atoms with Crippen LogP contribution in [0.25, 0.3) is 0 Å². The smallest absolute Gasteiger partial charge is 0.428 e. The number of piperazine rings is 1. The topological polar surface area (TPSA) is 24.5 Å². The lowest BCUT2D eigenvalue weighted by Crippen LogP contribution is -2.45. The van der Waals surface area contributed by atoms with Gasteiger partial charge in [-0.1, -0.05) is 19.1 Å². The summed E-state index contributed by atoms with van der Waals surface area (Å²) in [7, 11) is 0. The van der Waals surface area contributed by atoms with E-state index in [1.54, 1.807) is 6.07 Å². The molecular formula is C15H20F4N2O. The average Bonchev–Trinajstić information content (AvgIpc) is 2.49. The minimum absolute atomic E-state index is 0.0609. The maximum atomic E-state index is 13.0. The Bertz CT molecular complexity index is 478. The lowest BCUT2D eigenvalue weighted by Gasteiger charge is -2.35. The Labute approximate surface area is 127 Å². The fourth-order valence-corrected chi connectivity index (χ4v) is 2.69. The molecule has 0 amide bonds. The van der Waals surface area contributed by atoms with E-state index in [0.29, 0.717) is 0 Å². The Morgan fingerprint density at radius 1 is 1.27 bits per heavy atom. The highest BCUT2D eigenvalue weighted by atomic mass is 19.3. The largest absolute Gasteiger partial charge is 0.461 e. The number of hydrogen-bond donors (Lipinski definition) is 1. The lowest BCUT2D eigenvalue weighted by molar-refractivity contribution is -0.253. The first kappa shape index (κ1) is 17.0. The molecule has 0 radical (unpaired) electrons. The normalized spacial score (nSPS) is 18.5. The van der Waals surface area contributed by atoms with Crippen molar-refractivity contribution in [2.75, 3.05) is 26.2 Å². The van der Waals surface area contributed by atoms with Gasteiger partial charge in [0.2, 0.25) is 0 Å². The zero-order valence-electron chi connectivity index (χ0n) is 12.4. The second-order valence-electron chi connectivity index (χ2n) is 5.25. The molecule has 1 fully saturated rings. The summed E-state index contributed by atoms with van der Waals surface area (Å²) in [5.74, 6) is -0.239. The summed E-state index contributed by atoms with van der Waals surface area (Å²) in [4.78, 5) is 2.25. The molecule has 124 valence electrons. The van der Waals surface area contributed by atoms with Crippen LogP contribution >= 0.6 is 0 Å². The molecule has 1 atom stereocenters. The molecule has 0 saturated carbocycles. The summed E-state index contributed by atoms with van der Waals surface area (Å²) >= 11 is 0. The van der Waals surface area contributed by atoms with Gasteiger partial charge in [0, 0.05) is 32.2 Å². The van der Waals surface area contributed by atoms with E-state index >= 15 is 0 Å². The van der Waals surface area contributed by atoms with Gasteiger partial charge < -0.3 is 10.1 Å². The molecule has 0 aromatic heterocycles. The zero-order chi connectivity index (χ0) is 16.2. The van der Waals surface area contributed by atoms with Crippen LogP contribution in [0.3, 0.4) is 0 Å². The molecule has 1 aliphatic rings. The molecular weight excluding hydrogens is 300 g/mol. The molecule has 1 heterocycles. The Morgan fingerprint density at radius 2 is 1.95 bits per heavy atom. The Kier molecular flexibility index (Phi) is 5.63. The Morgan fingerprint density at radius 3 is 2.55 bits per heavy atom. The highest BCUT2D eigenvalue weighted by molar-refractivity contribution is 5.31. The number of rotatable bonds is 6. The van der Waals surface area contributed by atoms with Crippen LogP contribution in [0, 0.1) is 0 Å². The molecule has 1 saturated heterocycles. The van der Waals surface area contributed by atoms with E-state index in [2.05, 4.69) is 15.0 Å². The van der Waals surface area contributed by atoms with Crippen LogP contribution in [-0.2, 0) is 0 Å². The molecule has 22 heavy (non-hydrogen) atoms. The van der Waals surface area contributed by atoms with Gasteiger partial charge in [0.05, 0.1) is 0 Å². The third-order valence-electron chi connectivity index (χ3n) is 3.73. The van der Waals surface area contributed by atoms with Crippen LogP contribution in [0.2, 0.25) is 0 Å². The van der Waals surface area contributed by atoms with Crippen molar-refractivity contribution >= 4 is 0 Å². The molecule has 7 heteroatoms. The molecule has 1 aliphatic heterocycles. The first-order valence-electron chi connectivity index (χ1n) is 7.33. The number of halogens is 4. The second-order valence-corrected chi connectivity index (χ2v) is 5.25. The number of ether oxygens (including phenoxy) is 1. The number of nitrogens with zero attached hydrogens (tertiary/aromatic N) is 1. The van der Waals surface area contributed by atoms with E-state index < -0.39 is 12.5 Å². The molecule has 1 N–H and O–H groups in total. The minimum atomic E-state index is -4.48. The van der Waals surface area contributed by atoms with Crippen LogP contribution in [-0.4, -0.2) is 43.6 Å². The second kappa shape index (κ2) is 7.28. The first-order valence-corrected chi connectivity index (χ1v) is 7.33. The van der Waals surface area contributed by atoms with Gasteiger partial charge in [0.15, 0.2) is 0 Å². The molecule has 0 unspecified atom stereocenters. The van der Waals surface area contributed by atoms with E-state index in [4.69, 9.17) is 0 Å². The summed E-state index contributed by atoms with van der Waals surface area (Å²) in [6.07, 6.45) is -7.53.